The molecule has 1 aliphatic heterocycles. The molecule has 0 spiro atoms. The Labute approximate surface area is 132 Å². The van der Waals surface area contributed by atoms with Gasteiger partial charge in [0.25, 0.3) is 0 Å². The van der Waals surface area contributed by atoms with Crippen molar-refractivity contribution in [3.8, 4) is 0 Å². The van der Waals surface area contributed by atoms with Crippen molar-refractivity contribution in [2.75, 3.05) is 30.7 Å². The molecule has 0 aliphatic carbocycles. The van der Waals surface area contributed by atoms with E-state index in [1.807, 2.05) is 23.9 Å². The molecule has 1 aromatic rings. The zero-order chi connectivity index (χ0) is 15.5. The van der Waals surface area contributed by atoms with Crippen LogP contribution >= 0.6 is 11.8 Å². The van der Waals surface area contributed by atoms with Gasteiger partial charge >= 0.3 is 0 Å². The first-order chi connectivity index (χ1) is 9.85. The van der Waals surface area contributed by atoms with Gasteiger partial charge in [0, 0.05) is 35.8 Å². The molecule has 2 rings (SSSR count). The molecule has 1 aliphatic rings. The fraction of sp³-hybridized carbons (Fsp3) is 0.600. The van der Waals surface area contributed by atoms with Gasteiger partial charge in [-0.25, -0.2) is 8.42 Å². The molecular weight excluding hydrogens is 304 g/mol. The molecule has 1 heterocycles. The van der Waals surface area contributed by atoms with E-state index in [1.165, 1.54) is 0 Å². The molecule has 0 saturated carbocycles. The van der Waals surface area contributed by atoms with Gasteiger partial charge in [-0.05, 0) is 44.5 Å². The summed E-state index contributed by atoms with van der Waals surface area (Å²) in [4.78, 5) is 0.382. The van der Waals surface area contributed by atoms with Crippen molar-refractivity contribution in [2.24, 2.45) is 0 Å². The number of nitrogens with zero attached hydrogens (tertiary/aromatic N) is 1. The quantitative estimate of drug-likeness (QED) is 0.902. The van der Waals surface area contributed by atoms with Crippen molar-refractivity contribution in [3.63, 3.8) is 0 Å². The molecule has 0 bridgehead atoms. The summed E-state index contributed by atoms with van der Waals surface area (Å²) in [6, 6.07) is 7.07. The van der Waals surface area contributed by atoms with Crippen molar-refractivity contribution in [2.45, 2.75) is 36.8 Å². The Morgan fingerprint density at radius 2 is 1.95 bits per heavy atom. The summed E-state index contributed by atoms with van der Waals surface area (Å²) in [7, 11) is -3.38. The second kappa shape index (κ2) is 6.58. The van der Waals surface area contributed by atoms with Crippen molar-refractivity contribution in [3.05, 3.63) is 24.3 Å². The zero-order valence-corrected chi connectivity index (χ0v) is 14.6. The summed E-state index contributed by atoms with van der Waals surface area (Å²) in [6.45, 7) is 8.34. The van der Waals surface area contributed by atoms with E-state index in [0.717, 1.165) is 24.4 Å². The highest BCUT2D eigenvalue weighted by molar-refractivity contribution is 8.00. The maximum absolute atomic E-state index is 12.7. The van der Waals surface area contributed by atoms with Crippen LogP contribution in [0.25, 0.3) is 0 Å². The van der Waals surface area contributed by atoms with Crippen molar-refractivity contribution in [1.82, 2.24) is 4.31 Å². The van der Waals surface area contributed by atoms with Crippen LogP contribution in [0, 0.1) is 0 Å². The Morgan fingerprint density at radius 3 is 2.52 bits per heavy atom. The Hall–Kier alpha value is -0.720. The monoisotopic (exact) mass is 328 g/mol. The van der Waals surface area contributed by atoms with Gasteiger partial charge in [-0.3, -0.25) is 0 Å². The summed E-state index contributed by atoms with van der Waals surface area (Å²) < 4.78 is 27.0. The lowest BCUT2D eigenvalue weighted by molar-refractivity contribution is 0.387. The van der Waals surface area contributed by atoms with E-state index in [1.54, 1.807) is 16.4 Å². The summed E-state index contributed by atoms with van der Waals surface area (Å²) in [5.41, 5.74) is 0.963. The van der Waals surface area contributed by atoms with Gasteiger partial charge in [0.1, 0.15) is 0 Å². The van der Waals surface area contributed by atoms with Crippen LogP contribution in [0.5, 0.6) is 0 Å². The first kappa shape index (κ1) is 16.6. The second-order valence-corrected chi connectivity index (χ2v) is 9.64. The molecule has 21 heavy (non-hydrogen) atoms. The minimum absolute atomic E-state index is 0.0199. The van der Waals surface area contributed by atoms with Crippen LogP contribution in [0.2, 0.25) is 0 Å². The molecule has 118 valence electrons. The predicted octanol–water partition coefficient (Wildman–Crippen LogP) is 3.02. The van der Waals surface area contributed by atoms with Crippen LogP contribution in [0.15, 0.2) is 29.2 Å². The summed E-state index contributed by atoms with van der Waals surface area (Å²) in [5, 5.41) is 3.25. The van der Waals surface area contributed by atoms with Crippen LogP contribution in [0.3, 0.4) is 0 Å². The van der Waals surface area contributed by atoms with E-state index >= 15 is 0 Å². The molecule has 1 fully saturated rings. The van der Waals surface area contributed by atoms with Crippen LogP contribution in [-0.4, -0.2) is 42.9 Å². The summed E-state index contributed by atoms with van der Waals surface area (Å²) in [6.07, 6.45) is 1.04. The van der Waals surface area contributed by atoms with E-state index in [2.05, 4.69) is 26.1 Å². The SMILES string of the molecule is CCCNc1ccc(S(=O)(=O)N2CCSC(C)(C)C2)cc1. The topological polar surface area (TPSA) is 49.4 Å². The number of benzene rings is 1. The van der Waals surface area contributed by atoms with Crippen LogP contribution < -0.4 is 5.32 Å². The highest BCUT2D eigenvalue weighted by Gasteiger charge is 2.34. The van der Waals surface area contributed by atoms with Gasteiger partial charge in [0.05, 0.1) is 4.90 Å². The smallest absolute Gasteiger partial charge is 0.243 e. The van der Waals surface area contributed by atoms with E-state index < -0.39 is 10.0 Å². The van der Waals surface area contributed by atoms with Crippen LogP contribution in [0.1, 0.15) is 27.2 Å². The van der Waals surface area contributed by atoms with Crippen molar-refractivity contribution >= 4 is 27.5 Å². The van der Waals surface area contributed by atoms with Gasteiger partial charge < -0.3 is 5.32 Å². The molecule has 1 saturated heterocycles. The second-order valence-electron chi connectivity index (χ2n) is 5.90. The number of sulfonamides is 1. The first-order valence-corrected chi connectivity index (χ1v) is 9.76. The molecule has 6 heteroatoms. The normalized spacial score (nSPS) is 19.4. The largest absolute Gasteiger partial charge is 0.385 e. The molecule has 1 N–H and O–H groups in total. The molecule has 0 radical (unpaired) electrons. The van der Waals surface area contributed by atoms with Gasteiger partial charge in [-0.1, -0.05) is 6.92 Å². The number of hydrogen-bond acceptors (Lipinski definition) is 4. The van der Waals surface area contributed by atoms with Gasteiger partial charge in [0.15, 0.2) is 0 Å². The highest BCUT2D eigenvalue weighted by atomic mass is 32.2. The van der Waals surface area contributed by atoms with Gasteiger partial charge in [-0.15, -0.1) is 0 Å². The van der Waals surface area contributed by atoms with Gasteiger partial charge in [-0.2, -0.15) is 16.1 Å². The zero-order valence-electron chi connectivity index (χ0n) is 12.9. The van der Waals surface area contributed by atoms with E-state index in [-0.39, 0.29) is 4.75 Å². The number of rotatable bonds is 5. The molecule has 0 aromatic heterocycles. The fourth-order valence-corrected chi connectivity index (χ4v) is 5.25. The predicted molar refractivity (Wildman–Crippen MR) is 90.5 cm³/mol. The third kappa shape index (κ3) is 4.14. The molecule has 0 amide bonds. The van der Waals surface area contributed by atoms with Crippen LogP contribution in [0.4, 0.5) is 5.69 Å². The Balaban J connectivity index is 2.15. The minimum atomic E-state index is -3.38. The maximum atomic E-state index is 12.7. The van der Waals surface area contributed by atoms with E-state index in [0.29, 0.717) is 18.0 Å². The lowest BCUT2D eigenvalue weighted by Gasteiger charge is -2.36. The molecule has 0 unspecified atom stereocenters. The number of hydrogen-bond donors (Lipinski definition) is 1. The third-order valence-electron chi connectivity index (χ3n) is 3.46. The fourth-order valence-electron chi connectivity index (χ4n) is 2.34. The van der Waals surface area contributed by atoms with Gasteiger partial charge in [0.2, 0.25) is 10.0 Å². The van der Waals surface area contributed by atoms with Crippen molar-refractivity contribution in [1.29, 1.82) is 0 Å². The summed E-state index contributed by atoms with van der Waals surface area (Å²) in [5.74, 6) is 0.850. The van der Waals surface area contributed by atoms with Crippen LogP contribution in [-0.2, 0) is 10.0 Å². The first-order valence-electron chi connectivity index (χ1n) is 7.33. The molecule has 4 nitrogen and oxygen atoms in total. The standard InChI is InChI=1S/C15H24N2O2S2/c1-4-9-16-13-5-7-14(8-6-13)21(18,19)17-10-11-20-15(2,3)12-17/h5-8,16H,4,9-12H2,1-3H3. The van der Waals surface area contributed by atoms with E-state index in [9.17, 15) is 8.42 Å². The Bertz CT molecular complexity index is 568. The summed E-state index contributed by atoms with van der Waals surface area (Å²) >= 11 is 1.83. The highest BCUT2D eigenvalue weighted by Crippen LogP contribution is 2.32. The average molecular weight is 329 g/mol. The lowest BCUT2D eigenvalue weighted by Crippen LogP contribution is -2.46. The maximum Gasteiger partial charge on any atom is 0.243 e. The Morgan fingerprint density at radius 1 is 1.29 bits per heavy atom. The average Bonchev–Trinajstić information content (AvgIpc) is 2.44. The molecular formula is C15H24N2O2S2. The minimum Gasteiger partial charge on any atom is -0.385 e. The lowest BCUT2D eigenvalue weighted by atomic mass is 10.2. The number of nitrogens with one attached hydrogen (secondary N) is 1. The Kier molecular flexibility index (Phi) is 5.22. The molecule has 0 atom stereocenters. The van der Waals surface area contributed by atoms with E-state index in [4.69, 9.17) is 0 Å². The number of thioether (sulfide) groups is 1. The number of anilines is 1. The van der Waals surface area contributed by atoms with Crippen molar-refractivity contribution < 1.29 is 8.42 Å². The molecule has 1 aromatic carbocycles. The third-order valence-corrected chi connectivity index (χ3v) is 6.62.